The lowest BCUT2D eigenvalue weighted by Crippen LogP contribution is -2.40. The zero-order valence-electron chi connectivity index (χ0n) is 17.0. The van der Waals surface area contributed by atoms with E-state index in [-0.39, 0.29) is 30.3 Å². The number of hydrogen-bond acceptors (Lipinski definition) is 3. The van der Waals surface area contributed by atoms with Crippen LogP contribution in [0.4, 0.5) is 0 Å². The predicted octanol–water partition coefficient (Wildman–Crippen LogP) is 4.09. The van der Waals surface area contributed by atoms with Crippen LogP contribution in [-0.4, -0.2) is 37.0 Å². The molecule has 2 aromatic carbocycles. The summed E-state index contributed by atoms with van der Waals surface area (Å²) in [6.07, 6.45) is 1.68. The molecule has 0 bridgehead atoms. The summed E-state index contributed by atoms with van der Waals surface area (Å²) in [6, 6.07) is 18.9. The van der Waals surface area contributed by atoms with Gasteiger partial charge in [0.1, 0.15) is 0 Å². The molecular weight excluding hydrogens is 384 g/mol. The van der Waals surface area contributed by atoms with Gasteiger partial charge in [0, 0.05) is 25.6 Å². The van der Waals surface area contributed by atoms with Gasteiger partial charge in [-0.05, 0) is 43.4 Å². The normalized spacial score (nSPS) is 26.8. The van der Waals surface area contributed by atoms with Crippen molar-refractivity contribution >= 4 is 18.3 Å². The highest BCUT2D eigenvalue weighted by atomic mass is 35.5. The molecule has 0 aliphatic carbocycles. The molecule has 2 fully saturated rings. The van der Waals surface area contributed by atoms with Gasteiger partial charge in [-0.2, -0.15) is 0 Å². The quantitative estimate of drug-likeness (QED) is 0.819. The molecule has 0 radical (unpaired) electrons. The van der Waals surface area contributed by atoms with Crippen LogP contribution in [0, 0.1) is 18.8 Å². The van der Waals surface area contributed by atoms with Gasteiger partial charge in [0.15, 0.2) is 0 Å². The number of nitrogens with zero attached hydrogens (tertiary/aromatic N) is 1. The van der Waals surface area contributed by atoms with Crippen molar-refractivity contribution in [1.82, 2.24) is 4.90 Å². The Morgan fingerprint density at radius 3 is 2.48 bits per heavy atom. The highest BCUT2D eigenvalue weighted by Crippen LogP contribution is 2.38. The van der Waals surface area contributed by atoms with E-state index in [1.807, 2.05) is 11.0 Å². The molecule has 5 heteroatoms. The smallest absolute Gasteiger partial charge is 0.228 e. The summed E-state index contributed by atoms with van der Waals surface area (Å²) < 4.78 is 6.09. The van der Waals surface area contributed by atoms with Gasteiger partial charge in [0.05, 0.1) is 12.0 Å². The third kappa shape index (κ3) is 4.66. The molecule has 4 atom stereocenters. The highest BCUT2D eigenvalue weighted by molar-refractivity contribution is 5.85. The second-order valence-electron chi connectivity index (χ2n) is 8.21. The molecular formula is C24H31ClN2O2. The molecule has 2 saturated heterocycles. The molecule has 156 valence electrons. The lowest BCUT2D eigenvalue weighted by molar-refractivity contribution is -0.144. The third-order valence-electron chi connectivity index (χ3n) is 6.33. The van der Waals surface area contributed by atoms with Gasteiger partial charge in [0.25, 0.3) is 0 Å². The Kier molecular flexibility index (Phi) is 7.33. The van der Waals surface area contributed by atoms with Gasteiger partial charge in [0.2, 0.25) is 5.91 Å². The van der Waals surface area contributed by atoms with E-state index in [1.165, 1.54) is 11.1 Å². The number of benzene rings is 2. The van der Waals surface area contributed by atoms with Crippen molar-refractivity contribution in [3.05, 3.63) is 71.3 Å². The molecule has 2 aromatic rings. The van der Waals surface area contributed by atoms with Crippen LogP contribution in [0.3, 0.4) is 0 Å². The second-order valence-corrected chi connectivity index (χ2v) is 8.21. The fourth-order valence-electron chi connectivity index (χ4n) is 4.72. The van der Waals surface area contributed by atoms with E-state index in [4.69, 9.17) is 10.5 Å². The number of hydrogen-bond donors (Lipinski definition) is 1. The summed E-state index contributed by atoms with van der Waals surface area (Å²) in [4.78, 5) is 15.5. The monoisotopic (exact) mass is 414 g/mol. The molecule has 4 rings (SSSR count). The van der Waals surface area contributed by atoms with E-state index in [9.17, 15) is 4.79 Å². The Bertz CT molecular complexity index is 796. The number of amides is 1. The van der Waals surface area contributed by atoms with E-state index < -0.39 is 0 Å². The number of likely N-dealkylation sites (tertiary alicyclic amines) is 1. The largest absolute Gasteiger partial charge is 0.373 e. The van der Waals surface area contributed by atoms with E-state index in [0.717, 1.165) is 38.1 Å². The molecule has 2 N–H and O–H groups in total. The van der Waals surface area contributed by atoms with E-state index >= 15 is 0 Å². The average Bonchev–Trinajstić information content (AvgIpc) is 3.19. The maximum atomic E-state index is 13.5. The Labute approximate surface area is 179 Å². The van der Waals surface area contributed by atoms with Crippen LogP contribution in [-0.2, 0) is 9.53 Å². The summed E-state index contributed by atoms with van der Waals surface area (Å²) >= 11 is 0. The van der Waals surface area contributed by atoms with Gasteiger partial charge in [-0.15, -0.1) is 12.4 Å². The molecule has 2 aliphatic heterocycles. The summed E-state index contributed by atoms with van der Waals surface area (Å²) in [6.45, 7) is 4.90. The first-order valence-corrected chi connectivity index (χ1v) is 10.4. The maximum Gasteiger partial charge on any atom is 0.228 e. The van der Waals surface area contributed by atoms with E-state index in [2.05, 4.69) is 55.5 Å². The number of aryl methyl sites for hydroxylation is 1. The highest BCUT2D eigenvalue weighted by Gasteiger charge is 2.41. The first kappa shape index (κ1) is 21.8. The average molecular weight is 415 g/mol. The molecule has 0 aromatic heterocycles. The minimum Gasteiger partial charge on any atom is -0.373 e. The van der Waals surface area contributed by atoms with Crippen molar-refractivity contribution in [2.24, 2.45) is 17.6 Å². The molecule has 0 spiro atoms. The van der Waals surface area contributed by atoms with Crippen LogP contribution in [0.5, 0.6) is 0 Å². The standard InChI is InChI=1S/C24H30N2O2.ClH/c1-17-9-11-19(12-10-17)23-21(8-5-13-28-23)24(27)26-15-20(14-25)22(16-26)18-6-3-2-4-7-18;/h2-4,6-7,9-12,20-23H,5,8,13-16,25H2,1H3;1H/t20-,21?,22+,23?;/m1./s1. The Balaban J connectivity index is 0.00000240. The zero-order valence-corrected chi connectivity index (χ0v) is 17.8. The number of carbonyl (C=O) groups excluding carboxylic acids is 1. The Hall–Kier alpha value is -1.88. The van der Waals surface area contributed by atoms with Crippen molar-refractivity contribution in [1.29, 1.82) is 0 Å². The lowest BCUT2D eigenvalue weighted by atomic mass is 9.88. The SMILES string of the molecule is Cc1ccc(C2OCCCC2C(=O)N2C[C@@H](CN)[C@H](c3ccccc3)C2)cc1.Cl. The van der Waals surface area contributed by atoms with Crippen molar-refractivity contribution in [2.45, 2.75) is 31.8 Å². The van der Waals surface area contributed by atoms with Crippen molar-refractivity contribution in [3.8, 4) is 0 Å². The fourth-order valence-corrected chi connectivity index (χ4v) is 4.72. The summed E-state index contributed by atoms with van der Waals surface area (Å²) in [5, 5.41) is 0. The number of halogens is 1. The minimum absolute atomic E-state index is 0. The van der Waals surface area contributed by atoms with Crippen molar-refractivity contribution in [2.75, 3.05) is 26.2 Å². The zero-order chi connectivity index (χ0) is 19.5. The van der Waals surface area contributed by atoms with Crippen molar-refractivity contribution in [3.63, 3.8) is 0 Å². The Morgan fingerprint density at radius 1 is 1.07 bits per heavy atom. The minimum atomic E-state index is -0.144. The Morgan fingerprint density at radius 2 is 1.79 bits per heavy atom. The molecule has 29 heavy (non-hydrogen) atoms. The number of nitrogens with two attached hydrogens (primary N) is 1. The lowest BCUT2D eigenvalue weighted by Gasteiger charge is -2.34. The summed E-state index contributed by atoms with van der Waals surface area (Å²) in [5.74, 6) is 0.748. The van der Waals surface area contributed by atoms with Crippen LogP contribution < -0.4 is 5.73 Å². The van der Waals surface area contributed by atoms with Crippen molar-refractivity contribution < 1.29 is 9.53 Å². The van der Waals surface area contributed by atoms with Gasteiger partial charge < -0.3 is 15.4 Å². The molecule has 2 aliphatic rings. The third-order valence-corrected chi connectivity index (χ3v) is 6.33. The van der Waals surface area contributed by atoms with Crippen LogP contribution in [0.25, 0.3) is 0 Å². The topological polar surface area (TPSA) is 55.6 Å². The predicted molar refractivity (Wildman–Crippen MR) is 118 cm³/mol. The van der Waals surface area contributed by atoms with Crippen LogP contribution in [0.2, 0.25) is 0 Å². The molecule has 1 amide bonds. The van der Waals surface area contributed by atoms with Gasteiger partial charge >= 0.3 is 0 Å². The summed E-state index contributed by atoms with van der Waals surface area (Å²) in [7, 11) is 0. The van der Waals surface area contributed by atoms with E-state index in [1.54, 1.807) is 0 Å². The fraction of sp³-hybridized carbons (Fsp3) is 0.458. The van der Waals surface area contributed by atoms with E-state index in [0.29, 0.717) is 18.4 Å². The maximum absolute atomic E-state index is 13.5. The van der Waals surface area contributed by atoms with Gasteiger partial charge in [-0.1, -0.05) is 60.2 Å². The van der Waals surface area contributed by atoms with Crippen LogP contribution >= 0.6 is 12.4 Å². The second kappa shape index (κ2) is 9.75. The number of ether oxygens (including phenoxy) is 1. The summed E-state index contributed by atoms with van der Waals surface area (Å²) in [5.41, 5.74) is 9.68. The molecule has 0 saturated carbocycles. The first-order valence-electron chi connectivity index (χ1n) is 10.4. The number of carbonyl (C=O) groups is 1. The molecule has 4 nitrogen and oxygen atoms in total. The molecule has 2 unspecified atom stereocenters. The first-order chi connectivity index (χ1) is 13.7. The van der Waals surface area contributed by atoms with Gasteiger partial charge in [-0.3, -0.25) is 4.79 Å². The van der Waals surface area contributed by atoms with Crippen LogP contribution in [0.15, 0.2) is 54.6 Å². The van der Waals surface area contributed by atoms with Crippen LogP contribution in [0.1, 0.15) is 41.6 Å². The number of rotatable bonds is 4. The molecule has 2 heterocycles. The van der Waals surface area contributed by atoms with Gasteiger partial charge in [-0.25, -0.2) is 0 Å².